The lowest BCUT2D eigenvalue weighted by Crippen LogP contribution is -2.31. The maximum absolute atomic E-state index is 12.8. The van der Waals surface area contributed by atoms with Gasteiger partial charge in [0.15, 0.2) is 6.61 Å². The minimum Gasteiger partial charge on any atom is -0.506 e. The number of nitrogens with one attached hydrogen (secondary N) is 2. The predicted octanol–water partition coefficient (Wildman–Crippen LogP) is 6.37. The molecule has 1 atom stereocenters. The molecule has 0 aliphatic carbocycles. The maximum Gasteiger partial charge on any atom is 0.271 e. The number of hydrogen-bond donors (Lipinski definition) is 3. The molecule has 0 saturated carbocycles. The van der Waals surface area contributed by atoms with E-state index < -0.39 is 5.91 Å². The number of phenolic OH excluding ortho intramolecular Hbond substituents is 1. The number of nitrogens with zero attached hydrogens (tertiary/aromatic N) is 1. The van der Waals surface area contributed by atoms with Crippen LogP contribution in [0.3, 0.4) is 0 Å². The van der Waals surface area contributed by atoms with Crippen LogP contribution in [0.4, 0.5) is 0 Å². The topological polar surface area (TPSA) is 100 Å². The maximum atomic E-state index is 12.8. The number of carbonyl (C=O) groups is 2. The normalized spacial score (nSPS) is 11.9. The molecule has 0 aromatic heterocycles. The molecule has 0 saturated heterocycles. The highest BCUT2D eigenvalue weighted by Gasteiger charge is 2.14. The molecule has 0 aliphatic heterocycles. The smallest absolute Gasteiger partial charge is 0.271 e. The van der Waals surface area contributed by atoms with E-state index in [1.54, 1.807) is 12.1 Å². The van der Waals surface area contributed by atoms with Crippen molar-refractivity contribution in [2.24, 2.45) is 5.10 Å². The molecule has 0 aliphatic rings. The van der Waals surface area contributed by atoms with Crippen LogP contribution in [0.2, 0.25) is 5.02 Å². The van der Waals surface area contributed by atoms with Crippen molar-refractivity contribution in [3.05, 3.63) is 119 Å². The molecule has 200 valence electrons. The number of halogens is 1. The van der Waals surface area contributed by atoms with Crippen LogP contribution in [0.15, 0.2) is 102 Å². The van der Waals surface area contributed by atoms with Gasteiger partial charge in [-0.3, -0.25) is 9.59 Å². The first-order chi connectivity index (χ1) is 19.4. The van der Waals surface area contributed by atoms with Gasteiger partial charge in [-0.05, 0) is 59.0 Å². The van der Waals surface area contributed by atoms with Gasteiger partial charge in [-0.15, -0.1) is 0 Å². The molecular formula is C32H26ClN3O4. The van der Waals surface area contributed by atoms with Gasteiger partial charge >= 0.3 is 0 Å². The molecule has 5 aromatic carbocycles. The van der Waals surface area contributed by atoms with E-state index in [0.29, 0.717) is 5.75 Å². The van der Waals surface area contributed by atoms with Crippen LogP contribution in [-0.2, 0) is 4.79 Å². The van der Waals surface area contributed by atoms with Gasteiger partial charge in [-0.1, -0.05) is 78.3 Å². The highest BCUT2D eigenvalue weighted by Crippen LogP contribution is 2.28. The van der Waals surface area contributed by atoms with Crippen LogP contribution in [0.25, 0.3) is 21.5 Å². The van der Waals surface area contributed by atoms with Crippen molar-refractivity contribution >= 4 is 51.2 Å². The van der Waals surface area contributed by atoms with Crippen LogP contribution in [-0.4, -0.2) is 29.7 Å². The summed E-state index contributed by atoms with van der Waals surface area (Å²) in [7, 11) is 0. The van der Waals surface area contributed by atoms with Gasteiger partial charge in [0.25, 0.3) is 11.8 Å². The quantitative estimate of drug-likeness (QED) is 0.154. The van der Waals surface area contributed by atoms with Crippen LogP contribution < -0.4 is 15.5 Å². The van der Waals surface area contributed by atoms with Crippen molar-refractivity contribution in [3.63, 3.8) is 0 Å². The number of fused-ring (bicyclic) bond motifs is 2. The van der Waals surface area contributed by atoms with Gasteiger partial charge in [0.05, 0.1) is 17.3 Å². The Morgan fingerprint density at radius 3 is 2.45 bits per heavy atom. The van der Waals surface area contributed by atoms with Crippen molar-refractivity contribution in [1.82, 2.24) is 10.7 Å². The van der Waals surface area contributed by atoms with Crippen LogP contribution in [0.5, 0.6) is 11.5 Å². The third-order valence-corrected chi connectivity index (χ3v) is 6.83. The first-order valence-electron chi connectivity index (χ1n) is 12.6. The second kappa shape index (κ2) is 11.9. The average molecular weight is 552 g/mol. The average Bonchev–Trinajstić information content (AvgIpc) is 2.97. The Morgan fingerprint density at radius 1 is 0.925 bits per heavy atom. The fourth-order valence-corrected chi connectivity index (χ4v) is 4.72. The van der Waals surface area contributed by atoms with Gasteiger partial charge in [0.2, 0.25) is 0 Å². The van der Waals surface area contributed by atoms with Crippen molar-refractivity contribution in [2.75, 3.05) is 6.61 Å². The fourth-order valence-electron chi connectivity index (χ4n) is 4.54. The van der Waals surface area contributed by atoms with E-state index in [4.69, 9.17) is 16.3 Å². The Morgan fingerprint density at radius 2 is 1.65 bits per heavy atom. The Labute approximate surface area is 236 Å². The third-order valence-electron chi connectivity index (χ3n) is 6.52. The van der Waals surface area contributed by atoms with Gasteiger partial charge in [-0.2, -0.15) is 5.10 Å². The van der Waals surface area contributed by atoms with Crippen LogP contribution in [0, 0.1) is 0 Å². The molecule has 7 nitrogen and oxygen atoms in total. The molecular weight excluding hydrogens is 526 g/mol. The largest absolute Gasteiger partial charge is 0.506 e. The molecule has 2 amide bonds. The zero-order chi connectivity index (χ0) is 28.1. The van der Waals surface area contributed by atoms with E-state index in [1.807, 2.05) is 55.5 Å². The minimum atomic E-state index is -0.467. The SMILES string of the molecule is CC(NC(=O)COc1ccc(/C=N/NC(=O)c2ccc(O)c(Cl)c2)c2ccccc12)c1cccc2ccccc12. The van der Waals surface area contributed by atoms with Crippen molar-refractivity contribution in [2.45, 2.75) is 13.0 Å². The first-order valence-corrected chi connectivity index (χ1v) is 13.0. The third kappa shape index (κ3) is 5.90. The van der Waals surface area contributed by atoms with Crippen LogP contribution in [0.1, 0.15) is 34.5 Å². The molecule has 0 fully saturated rings. The number of hydrogen-bond acceptors (Lipinski definition) is 5. The van der Waals surface area contributed by atoms with Crippen molar-refractivity contribution < 1.29 is 19.4 Å². The molecule has 0 spiro atoms. The van der Waals surface area contributed by atoms with E-state index in [0.717, 1.165) is 32.7 Å². The highest BCUT2D eigenvalue weighted by molar-refractivity contribution is 6.32. The summed E-state index contributed by atoms with van der Waals surface area (Å²) in [5.74, 6) is -0.242. The Kier molecular flexibility index (Phi) is 7.94. The molecule has 1 unspecified atom stereocenters. The van der Waals surface area contributed by atoms with Gasteiger partial charge in [0, 0.05) is 16.5 Å². The van der Waals surface area contributed by atoms with E-state index in [-0.39, 0.29) is 34.9 Å². The molecule has 0 radical (unpaired) electrons. The molecule has 8 heteroatoms. The van der Waals surface area contributed by atoms with Crippen molar-refractivity contribution in [1.29, 1.82) is 0 Å². The number of hydrazone groups is 1. The molecule has 5 aromatic rings. The van der Waals surface area contributed by atoms with Gasteiger partial charge in [0.1, 0.15) is 11.5 Å². The summed E-state index contributed by atoms with van der Waals surface area (Å²) < 4.78 is 5.92. The number of phenols is 1. The van der Waals surface area contributed by atoms with Crippen LogP contribution >= 0.6 is 11.6 Å². The van der Waals surface area contributed by atoms with Gasteiger partial charge < -0.3 is 15.2 Å². The summed E-state index contributed by atoms with van der Waals surface area (Å²) in [6.07, 6.45) is 1.53. The monoisotopic (exact) mass is 551 g/mol. The zero-order valence-corrected chi connectivity index (χ0v) is 22.4. The molecule has 0 heterocycles. The predicted molar refractivity (Wildman–Crippen MR) is 158 cm³/mol. The highest BCUT2D eigenvalue weighted by atomic mass is 35.5. The summed E-state index contributed by atoms with van der Waals surface area (Å²) in [6.45, 7) is 1.82. The Bertz CT molecular complexity index is 1750. The number of benzene rings is 5. The number of rotatable bonds is 8. The standard InChI is InChI=1S/C32H26ClN3O4/c1-20(24-12-6-8-21-7-2-3-9-25(21)24)35-31(38)19-40-30-16-14-23(26-10-4-5-11-27(26)30)18-34-36-32(39)22-13-15-29(37)28(33)17-22/h2-18,20,37H,19H2,1H3,(H,35,38)(H,36,39)/b34-18+. The summed E-state index contributed by atoms with van der Waals surface area (Å²) in [6, 6.07) is 29.3. The van der Waals surface area contributed by atoms with E-state index in [2.05, 4.69) is 34.0 Å². The lowest BCUT2D eigenvalue weighted by molar-refractivity contribution is -0.123. The molecule has 40 heavy (non-hydrogen) atoms. The van der Waals surface area contributed by atoms with Gasteiger partial charge in [-0.25, -0.2) is 5.43 Å². The Hall–Kier alpha value is -4.88. The lowest BCUT2D eigenvalue weighted by atomic mass is 10.00. The first kappa shape index (κ1) is 26.7. The van der Waals surface area contributed by atoms with Crippen molar-refractivity contribution in [3.8, 4) is 11.5 Å². The molecule has 0 bridgehead atoms. The summed E-state index contributed by atoms with van der Waals surface area (Å²) in [5.41, 5.74) is 4.52. The number of aromatic hydroxyl groups is 1. The number of carbonyl (C=O) groups excluding carboxylic acids is 2. The van der Waals surface area contributed by atoms with E-state index in [1.165, 1.54) is 24.4 Å². The molecule has 5 rings (SSSR count). The lowest BCUT2D eigenvalue weighted by Gasteiger charge is -2.17. The van der Waals surface area contributed by atoms with E-state index >= 15 is 0 Å². The van der Waals surface area contributed by atoms with E-state index in [9.17, 15) is 14.7 Å². The summed E-state index contributed by atoms with van der Waals surface area (Å²) in [5, 5.41) is 20.6. The fraction of sp³-hybridized carbons (Fsp3) is 0.0938. The number of amides is 2. The second-order valence-electron chi connectivity index (χ2n) is 9.21. The summed E-state index contributed by atoms with van der Waals surface area (Å²) in [4.78, 5) is 25.2. The molecule has 3 N–H and O–H groups in total. The summed E-state index contributed by atoms with van der Waals surface area (Å²) >= 11 is 5.88. The zero-order valence-electron chi connectivity index (χ0n) is 21.6. The number of ether oxygens (including phenoxy) is 1. The Balaban J connectivity index is 1.25. The second-order valence-corrected chi connectivity index (χ2v) is 9.62. The minimum absolute atomic E-state index is 0.0786.